The van der Waals surface area contributed by atoms with E-state index in [-0.39, 0.29) is 22.9 Å². The summed E-state index contributed by atoms with van der Waals surface area (Å²) in [5.41, 5.74) is 5.18. The quantitative estimate of drug-likeness (QED) is 0.409. The highest BCUT2D eigenvalue weighted by molar-refractivity contribution is 5.89. The Balaban J connectivity index is 0.000000392. The highest BCUT2D eigenvalue weighted by Gasteiger charge is 2.62. The number of nitrogens with two attached hydrogens (primary N) is 1. The van der Waals surface area contributed by atoms with Crippen LogP contribution >= 0.6 is 0 Å². The SMILES string of the molecule is C[C@]12CC[C@H](OC(=O)NCCN)CC1C(=O)C[C@@H]1[C@@H]2CC[C@]2(C)C(=O)CC[C@@H]12.O=C(O)/C=C/C(=O)O. The maximum Gasteiger partial charge on any atom is 0.407 e. The number of hydrogen-bond acceptors (Lipinski definition) is 7. The molecule has 0 aromatic heterocycles. The molecule has 4 aliphatic rings. The van der Waals surface area contributed by atoms with Crippen molar-refractivity contribution in [3.8, 4) is 0 Å². The molecule has 36 heavy (non-hydrogen) atoms. The first-order valence-corrected chi connectivity index (χ1v) is 12.8. The first-order valence-electron chi connectivity index (χ1n) is 12.8. The van der Waals surface area contributed by atoms with Crippen molar-refractivity contribution in [1.82, 2.24) is 5.32 Å². The Kier molecular flexibility index (Phi) is 8.59. The number of ketones is 2. The molecule has 4 aliphatic carbocycles. The van der Waals surface area contributed by atoms with E-state index < -0.39 is 18.0 Å². The Morgan fingerprint density at radius 3 is 2.33 bits per heavy atom. The number of nitrogens with one attached hydrogen (secondary N) is 1. The number of alkyl carbamates (subject to hydrolysis) is 1. The molecule has 0 aliphatic heterocycles. The summed E-state index contributed by atoms with van der Waals surface area (Å²) in [5.74, 6) is -0.581. The zero-order valence-electron chi connectivity index (χ0n) is 21.0. The van der Waals surface area contributed by atoms with Gasteiger partial charge >= 0.3 is 18.0 Å². The molecule has 1 amide bonds. The molecule has 0 aromatic rings. The molecule has 0 aromatic carbocycles. The number of hydrogen-bond donors (Lipinski definition) is 4. The third-order valence-corrected chi connectivity index (χ3v) is 9.17. The average Bonchev–Trinajstić information content (AvgIpc) is 3.12. The Morgan fingerprint density at radius 1 is 1.06 bits per heavy atom. The fraction of sp³-hybridized carbons (Fsp3) is 0.731. The van der Waals surface area contributed by atoms with Crippen molar-refractivity contribution in [3.63, 3.8) is 0 Å². The molecular formula is C26H38N2O8. The standard InChI is InChI=1S/C22H34N2O4.C4H4O4/c1-21-7-5-13(28-20(27)24-10-9-23)11-17(21)18(25)12-14-15-3-4-19(26)22(15,2)8-6-16(14)21;5-3(6)1-2-4(7)8/h13-17H,3-12,23H2,1-2H3,(H,24,27);1-2H,(H,5,6)(H,7,8)/b;2-1+/t13-,14-,15-,16-,17?,21+,22-;/m0./s1. The number of ether oxygens (including phenoxy) is 1. The molecule has 0 spiro atoms. The number of carboxylic acid groups (broad SMARTS) is 2. The summed E-state index contributed by atoms with van der Waals surface area (Å²) in [4.78, 5) is 56.7. The van der Waals surface area contributed by atoms with E-state index in [1.807, 2.05) is 0 Å². The molecule has 0 radical (unpaired) electrons. The molecule has 0 bridgehead atoms. The van der Waals surface area contributed by atoms with Crippen LogP contribution in [0.25, 0.3) is 0 Å². The molecular weight excluding hydrogens is 468 g/mol. The van der Waals surface area contributed by atoms with Gasteiger partial charge in [-0.2, -0.15) is 0 Å². The Morgan fingerprint density at radius 2 is 1.72 bits per heavy atom. The molecule has 10 nitrogen and oxygen atoms in total. The van der Waals surface area contributed by atoms with Gasteiger partial charge in [-0.25, -0.2) is 14.4 Å². The zero-order valence-corrected chi connectivity index (χ0v) is 21.0. The average molecular weight is 507 g/mol. The molecule has 4 rings (SSSR count). The summed E-state index contributed by atoms with van der Waals surface area (Å²) in [6.45, 7) is 5.21. The van der Waals surface area contributed by atoms with Crippen LogP contribution in [0.1, 0.15) is 65.2 Å². The molecule has 0 heterocycles. The van der Waals surface area contributed by atoms with E-state index in [0.29, 0.717) is 73.8 Å². The fourth-order valence-corrected chi connectivity index (χ4v) is 7.39. The first-order chi connectivity index (χ1) is 16.9. The maximum atomic E-state index is 13.2. The van der Waals surface area contributed by atoms with Gasteiger partial charge in [-0.3, -0.25) is 9.59 Å². The lowest BCUT2D eigenvalue weighted by Crippen LogP contribution is -2.57. The van der Waals surface area contributed by atoms with Crippen molar-refractivity contribution in [2.24, 2.45) is 40.2 Å². The van der Waals surface area contributed by atoms with Gasteiger partial charge in [0.05, 0.1) is 0 Å². The van der Waals surface area contributed by atoms with E-state index in [1.165, 1.54) is 0 Å². The predicted molar refractivity (Wildman–Crippen MR) is 129 cm³/mol. The lowest BCUT2D eigenvalue weighted by Gasteiger charge is -2.59. The van der Waals surface area contributed by atoms with Gasteiger partial charge in [0, 0.05) is 49.4 Å². The minimum Gasteiger partial charge on any atom is -0.478 e. The summed E-state index contributed by atoms with van der Waals surface area (Å²) < 4.78 is 5.57. The van der Waals surface area contributed by atoms with Crippen molar-refractivity contribution in [2.75, 3.05) is 13.1 Å². The molecule has 4 fully saturated rings. The largest absolute Gasteiger partial charge is 0.478 e. The first kappa shape index (κ1) is 27.8. The van der Waals surface area contributed by atoms with Crippen LogP contribution in [0.15, 0.2) is 12.2 Å². The van der Waals surface area contributed by atoms with E-state index in [4.69, 9.17) is 20.7 Å². The maximum absolute atomic E-state index is 13.2. The van der Waals surface area contributed by atoms with E-state index >= 15 is 0 Å². The number of aliphatic carboxylic acids is 2. The van der Waals surface area contributed by atoms with Gasteiger partial charge in [0.2, 0.25) is 0 Å². The van der Waals surface area contributed by atoms with Gasteiger partial charge in [0.15, 0.2) is 0 Å². The second-order valence-corrected chi connectivity index (χ2v) is 11.1. The Bertz CT molecular complexity index is 917. The molecule has 7 atom stereocenters. The van der Waals surface area contributed by atoms with Gasteiger partial charge in [0.25, 0.3) is 0 Å². The number of carboxylic acids is 2. The van der Waals surface area contributed by atoms with Crippen LogP contribution in [-0.4, -0.2) is 59.0 Å². The van der Waals surface area contributed by atoms with Crippen LogP contribution in [0.5, 0.6) is 0 Å². The number of rotatable bonds is 5. The summed E-state index contributed by atoms with van der Waals surface area (Å²) in [7, 11) is 0. The number of Topliss-reactive ketones (excluding diaryl/α,β-unsaturated/α-hetero) is 2. The van der Waals surface area contributed by atoms with Crippen molar-refractivity contribution < 1.29 is 38.9 Å². The topological polar surface area (TPSA) is 173 Å². The normalized spacial score (nSPS) is 37.1. The molecule has 200 valence electrons. The summed E-state index contributed by atoms with van der Waals surface area (Å²) in [6.07, 6.45) is 7.10. The minimum atomic E-state index is -1.26. The third kappa shape index (κ3) is 5.63. The van der Waals surface area contributed by atoms with E-state index in [2.05, 4.69) is 19.2 Å². The molecule has 1 unspecified atom stereocenters. The fourth-order valence-electron chi connectivity index (χ4n) is 7.39. The van der Waals surface area contributed by atoms with Crippen LogP contribution < -0.4 is 11.1 Å². The molecule has 0 saturated heterocycles. The van der Waals surface area contributed by atoms with Crippen LogP contribution in [0.3, 0.4) is 0 Å². The summed E-state index contributed by atoms with van der Waals surface area (Å²) in [6, 6.07) is 0. The smallest absolute Gasteiger partial charge is 0.407 e. The van der Waals surface area contributed by atoms with Gasteiger partial charge in [-0.05, 0) is 61.7 Å². The van der Waals surface area contributed by atoms with Crippen molar-refractivity contribution in [2.45, 2.75) is 71.3 Å². The number of carbonyl (C=O) groups is 5. The van der Waals surface area contributed by atoms with Crippen molar-refractivity contribution in [1.29, 1.82) is 0 Å². The lowest BCUT2D eigenvalue weighted by molar-refractivity contribution is -0.160. The van der Waals surface area contributed by atoms with Crippen LogP contribution in [0.4, 0.5) is 4.79 Å². The van der Waals surface area contributed by atoms with Gasteiger partial charge in [-0.1, -0.05) is 13.8 Å². The number of amides is 1. The second kappa shape index (κ2) is 11.1. The van der Waals surface area contributed by atoms with Gasteiger partial charge < -0.3 is 26.0 Å². The van der Waals surface area contributed by atoms with Crippen LogP contribution in [0.2, 0.25) is 0 Å². The summed E-state index contributed by atoms with van der Waals surface area (Å²) >= 11 is 0. The van der Waals surface area contributed by atoms with E-state index in [1.54, 1.807) is 0 Å². The minimum absolute atomic E-state index is 0.0272. The third-order valence-electron chi connectivity index (χ3n) is 9.17. The van der Waals surface area contributed by atoms with Crippen LogP contribution in [-0.2, 0) is 23.9 Å². The number of fused-ring (bicyclic) bond motifs is 5. The van der Waals surface area contributed by atoms with Crippen LogP contribution in [0, 0.1) is 34.5 Å². The zero-order chi connectivity index (χ0) is 26.7. The van der Waals surface area contributed by atoms with E-state index in [9.17, 15) is 24.0 Å². The van der Waals surface area contributed by atoms with E-state index in [0.717, 1.165) is 32.1 Å². The molecule has 5 N–H and O–H groups in total. The molecule has 10 heteroatoms. The monoisotopic (exact) mass is 506 g/mol. The molecule has 4 saturated carbocycles. The predicted octanol–water partition coefficient (Wildman–Crippen LogP) is 2.54. The van der Waals surface area contributed by atoms with Gasteiger partial charge in [-0.15, -0.1) is 0 Å². The highest BCUT2D eigenvalue weighted by Crippen LogP contribution is 2.64. The highest BCUT2D eigenvalue weighted by atomic mass is 16.6. The summed E-state index contributed by atoms with van der Waals surface area (Å²) in [5, 5.41) is 18.3. The second-order valence-electron chi connectivity index (χ2n) is 11.1. The van der Waals surface area contributed by atoms with Crippen molar-refractivity contribution >= 4 is 29.6 Å². The number of carbonyl (C=O) groups excluding carboxylic acids is 3. The Labute approximate surface area is 211 Å². The van der Waals surface area contributed by atoms with Crippen molar-refractivity contribution in [3.05, 3.63) is 12.2 Å². The van der Waals surface area contributed by atoms with Gasteiger partial charge in [0.1, 0.15) is 17.7 Å². The Hall–Kier alpha value is -2.75. The lowest BCUT2D eigenvalue weighted by atomic mass is 9.45.